The molecule has 0 N–H and O–H groups in total. The monoisotopic (exact) mass is 466 g/mol. The average molecular weight is 467 g/mol. The number of nitrogens with zero attached hydrogens (tertiary/aromatic N) is 4. The number of hydrogen-bond acceptors (Lipinski definition) is 5. The van der Waals surface area contributed by atoms with E-state index in [4.69, 9.17) is 4.42 Å². The Hall–Kier alpha value is -2.39. The van der Waals surface area contributed by atoms with Gasteiger partial charge in [0.25, 0.3) is 0 Å². The van der Waals surface area contributed by atoms with Gasteiger partial charge in [-0.05, 0) is 36.4 Å². The fraction of sp³-hybridized carbons (Fsp3) is 0.300. The van der Waals surface area contributed by atoms with Gasteiger partial charge in [-0.25, -0.2) is 0 Å². The smallest absolute Gasteiger partial charge is 0.416 e. The van der Waals surface area contributed by atoms with Crippen molar-refractivity contribution in [1.82, 2.24) is 15.1 Å². The van der Waals surface area contributed by atoms with Crippen LogP contribution >= 0.6 is 15.9 Å². The van der Waals surface area contributed by atoms with Gasteiger partial charge in [0.05, 0.1) is 12.1 Å². The van der Waals surface area contributed by atoms with Crippen molar-refractivity contribution in [2.75, 3.05) is 31.1 Å². The summed E-state index contributed by atoms with van der Waals surface area (Å²) < 4.78 is 45.5. The average Bonchev–Trinajstić information content (AvgIpc) is 3.17. The Morgan fingerprint density at radius 1 is 0.966 bits per heavy atom. The molecule has 2 aromatic carbocycles. The Balaban J connectivity index is 1.36. The van der Waals surface area contributed by atoms with Gasteiger partial charge in [0.1, 0.15) is 0 Å². The maximum Gasteiger partial charge on any atom is 0.416 e. The summed E-state index contributed by atoms with van der Waals surface area (Å²) in [6.07, 6.45) is -4.33. The summed E-state index contributed by atoms with van der Waals surface area (Å²) in [6, 6.07) is 13.1. The Labute approximate surface area is 174 Å². The first-order valence-corrected chi connectivity index (χ1v) is 9.91. The summed E-state index contributed by atoms with van der Waals surface area (Å²) in [6.45, 7) is 3.18. The lowest BCUT2D eigenvalue weighted by atomic mass is 10.1. The van der Waals surface area contributed by atoms with E-state index >= 15 is 0 Å². The van der Waals surface area contributed by atoms with Crippen molar-refractivity contribution in [2.45, 2.75) is 12.7 Å². The van der Waals surface area contributed by atoms with E-state index in [2.05, 4.69) is 31.0 Å². The number of piperazine rings is 1. The van der Waals surface area contributed by atoms with E-state index in [1.165, 1.54) is 12.1 Å². The molecule has 29 heavy (non-hydrogen) atoms. The molecule has 3 aromatic rings. The van der Waals surface area contributed by atoms with Crippen LogP contribution in [0.2, 0.25) is 0 Å². The SMILES string of the molecule is FC(F)(F)c1cccc(N2CCN(Cc3nnc(-c4cccc(Br)c4)o3)CC2)c1. The van der Waals surface area contributed by atoms with Crippen molar-refractivity contribution < 1.29 is 17.6 Å². The fourth-order valence-corrected chi connectivity index (χ4v) is 3.69. The van der Waals surface area contributed by atoms with E-state index in [1.807, 2.05) is 29.2 Å². The molecule has 0 atom stereocenters. The van der Waals surface area contributed by atoms with Crippen LogP contribution in [0.4, 0.5) is 18.9 Å². The van der Waals surface area contributed by atoms with E-state index in [0.717, 1.165) is 16.1 Å². The maximum absolute atomic E-state index is 12.9. The molecule has 4 rings (SSSR count). The van der Waals surface area contributed by atoms with Crippen LogP contribution in [-0.4, -0.2) is 41.3 Å². The molecule has 0 amide bonds. The van der Waals surface area contributed by atoms with Crippen molar-refractivity contribution in [3.8, 4) is 11.5 Å². The Kier molecular flexibility index (Phi) is 5.60. The molecule has 152 valence electrons. The highest BCUT2D eigenvalue weighted by Crippen LogP contribution is 2.32. The minimum Gasteiger partial charge on any atom is -0.419 e. The molecular formula is C20H18BrF3N4O. The summed E-state index contributed by atoms with van der Waals surface area (Å²) in [5.41, 5.74) is 0.810. The first kappa shape index (κ1) is 19.9. The number of benzene rings is 2. The van der Waals surface area contributed by atoms with Gasteiger partial charge in [-0.15, -0.1) is 10.2 Å². The van der Waals surface area contributed by atoms with E-state index in [-0.39, 0.29) is 0 Å². The molecule has 1 aliphatic rings. The molecule has 9 heteroatoms. The highest BCUT2D eigenvalue weighted by atomic mass is 79.9. The molecular weight excluding hydrogens is 449 g/mol. The number of halogens is 4. The predicted molar refractivity (Wildman–Crippen MR) is 106 cm³/mol. The molecule has 0 saturated carbocycles. The van der Waals surface area contributed by atoms with Crippen molar-refractivity contribution in [3.05, 3.63) is 64.5 Å². The zero-order valence-electron chi connectivity index (χ0n) is 15.4. The van der Waals surface area contributed by atoms with Gasteiger partial charge >= 0.3 is 6.18 Å². The minimum absolute atomic E-state index is 0.462. The van der Waals surface area contributed by atoms with Crippen LogP contribution in [0.3, 0.4) is 0 Å². The van der Waals surface area contributed by atoms with Gasteiger partial charge in [0.15, 0.2) is 0 Å². The van der Waals surface area contributed by atoms with Gasteiger partial charge < -0.3 is 9.32 Å². The van der Waals surface area contributed by atoms with Crippen LogP contribution < -0.4 is 4.90 Å². The molecule has 0 spiro atoms. The summed E-state index contributed by atoms with van der Waals surface area (Å²) >= 11 is 3.42. The lowest BCUT2D eigenvalue weighted by Gasteiger charge is -2.35. The molecule has 1 aromatic heterocycles. The normalized spacial score (nSPS) is 15.7. The van der Waals surface area contributed by atoms with E-state index in [9.17, 15) is 13.2 Å². The summed E-state index contributed by atoms with van der Waals surface area (Å²) in [5.74, 6) is 0.983. The largest absolute Gasteiger partial charge is 0.419 e. The van der Waals surface area contributed by atoms with E-state index in [1.54, 1.807) is 6.07 Å². The van der Waals surface area contributed by atoms with Crippen LogP contribution in [-0.2, 0) is 12.7 Å². The summed E-state index contributed by atoms with van der Waals surface area (Å²) in [5, 5.41) is 8.23. The molecule has 0 unspecified atom stereocenters. The topological polar surface area (TPSA) is 45.4 Å². The number of alkyl halides is 3. The quantitative estimate of drug-likeness (QED) is 0.550. The second kappa shape index (κ2) is 8.16. The zero-order chi connectivity index (χ0) is 20.4. The predicted octanol–water partition coefficient (Wildman–Crippen LogP) is 4.84. The second-order valence-corrected chi connectivity index (χ2v) is 7.74. The number of aromatic nitrogens is 2. The first-order valence-electron chi connectivity index (χ1n) is 9.11. The van der Waals surface area contributed by atoms with Crippen molar-refractivity contribution in [3.63, 3.8) is 0 Å². The zero-order valence-corrected chi connectivity index (χ0v) is 16.9. The molecule has 1 saturated heterocycles. The van der Waals surface area contributed by atoms with Crippen LogP contribution in [0.5, 0.6) is 0 Å². The molecule has 0 aliphatic carbocycles. The van der Waals surface area contributed by atoms with Gasteiger partial charge in [-0.1, -0.05) is 28.1 Å². The van der Waals surface area contributed by atoms with E-state index in [0.29, 0.717) is 50.2 Å². The third-order valence-electron chi connectivity index (χ3n) is 4.81. The maximum atomic E-state index is 12.9. The molecule has 0 bridgehead atoms. The van der Waals surface area contributed by atoms with Gasteiger partial charge in [-0.3, -0.25) is 4.90 Å². The molecule has 2 heterocycles. The Bertz CT molecular complexity index is 984. The fourth-order valence-electron chi connectivity index (χ4n) is 3.29. The van der Waals surface area contributed by atoms with Gasteiger partial charge in [-0.2, -0.15) is 13.2 Å². The lowest BCUT2D eigenvalue weighted by molar-refractivity contribution is -0.137. The Morgan fingerprint density at radius 2 is 1.72 bits per heavy atom. The third kappa shape index (κ3) is 4.79. The highest BCUT2D eigenvalue weighted by Gasteiger charge is 2.31. The van der Waals surface area contributed by atoms with Gasteiger partial charge in [0, 0.05) is 41.9 Å². The summed E-state index contributed by atoms with van der Waals surface area (Å²) in [4.78, 5) is 4.12. The van der Waals surface area contributed by atoms with Crippen molar-refractivity contribution >= 4 is 21.6 Å². The first-order chi connectivity index (χ1) is 13.9. The third-order valence-corrected chi connectivity index (χ3v) is 5.30. The minimum atomic E-state index is -4.33. The molecule has 0 radical (unpaired) electrons. The Morgan fingerprint density at radius 3 is 2.45 bits per heavy atom. The molecule has 5 nitrogen and oxygen atoms in total. The number of anilines is 1. The lowest BCUT2D eigenvalue weighted by Crippen LogP contribution is -2.46. The van der Waals surface area contributed by atoms with Crippen LogP contribution in [0.25, 0.3) is 11.5 Å². The van der Waals surface area contributed by atoms with Crippen molar-refractivity contribution in [1.29, 1.82) is 0 Å². The van der Waals surface area contributed by atoms with Crippen LogP contribution in [0.15, 0.2) is 57.4 Å². The van der Waals surface area contributed by atoms with Crippen molar-refractivity contribution in [2.24, 2.45) is 0 Å². The number of rotatable bonds is 4. The van der Waals surface area contributed by atoms with Crippen LogP contribution in [0.1, 0.15) is 11.5 Å². The summed E-state index contributed by atoms with van der Waals surface area (Å²) in [7, 11) is 0. The molecule has 1 fully saturated rings. The standard InChI is InChI=1S/C20H18BrF3N4O/c21-16-5-1-3-14(11-16)19-26-25-18(29-19)13-27-7-9-28(10-8-27)17-6-2-4-15(12-17)20(22,23)24/h1-6,11-12H,7-10,13H2. The van der Waals surface area contributed by atoms with Gasteiger partial charge in [0.2, 0.25) is 11.8 Å². The molecule has 1 aliphatic heterocycles. The second-order valence-electron chi connectivity index (χ2n) is 6.82. The van der Waals surface area contributed by atoms with Crippen LogP contribution in [0, 0.1) is 0 Å². The highest BCUT2D eigenvalue weighted by molar-refractivity contribution is 9.10. The number of hydrogen-bond donors (Lipinski definition) is 0. The van der Waals surface area contributed by atoms with E-state index < -0.39 is 11.7 Å².